The zero-order chi connectivity index (χ0) is 14.8. The van der Waals surface area contributed by atoms with Crippen molar-refractivity contribution >= 4 is 38.9 Å². The minimum Gasteiger partial charge on any atom is -0.278 e. The number of nitriles is 1. The van der Waals surface area contributed by atoms with Crippen molar-refractivity contribution in [2.75, 3.05) is 4.72 Å². The maximum atomic E-state index is 12.2. The first-order valence-electron chi connectivity index (χ1n) is 5.40. The van der Waals surface area contributed by atoms with Crippen LogP contribution < -0.4 is 4.72 Å². The highest BCUT2D eigenvalue weighted by Crippen LogP contribution is 2.26. The lowest BCUT2D eigenvalue weighted by atomic mass is 10.2. The lowest BCUT2D eigenvalue weighted by Gasteiger charge is -2.10. The highest BCUT2D eigenvalue weighted by atomic mass is 35.5. The van der Waals surface area contributed by atoms with Gasteiger partial charge in [0.05, 0.1) is 27.2 Å². The predicted molar refractivity (Wildman–Crippen MR) is 78.4 cm³/mol. The Balaban J connectivity index is 2.36. The van der Waals surface area contributed by atoms with Crippen LogP contribution in [0.5, 0.6) is 0 Å². The van der Waals surface area contributed by atoms with E-state index in [1.165, 1.54) is 36.4 Å². The van der Waals surface area contributed by atoms with E-state index in [4.69, 9.17) is 28.5 Å². The number of rotatable bonds is 3. The normalized spacial score (nSPS) is 10.8. The SMILES string of the molecule is N#Cc1ccc(NS(=O)(=O)c2cccc(Cl)c2)c(Cl)c1. The molecule has 0 aliphatic carbocycles. The van der Waals surface area contributed by atoms with Gasteiger partial charge in [0.2, 0.25) is 0 Å². The molecule has 0 unspecified atom stereocenters. The van der Waals surface area contributed by atoms with Gasteiger partial charge >= 0.3 is 0 Å². The molecule has 0 spiro atoms. The Morgan fingerprint density at radius 3 is 2.45 bits per heavy atom. The van der Waals surface area contributed by atoms with Crippen molar-refractivity contribution in [2.24, 2.45) is 0 Å². The standard InChI is InChI=1S/C13H8Cl2N2O2S/c14-10-2-1-3-11(7-10)20(18,19)17-13-5-4-9(8-16)6-12(13)15/h1-7,17H. The van der Waals surface area contributed by atoms with Gasteiger partial charge < -0.3 is 0 Å². The predicted octanol–water partition coefficient (Wildman–Crippen LogP) is 3.67. The topological polar surface area (TPSA) is 70.0 Å². The van der Waals surface area contributed by atoms with Crippen LogP contribution in [0.25, 0.3) is 0 Å². The van der Waals surface area contributed by atoms with Gasteiger partial charge in [-0.1, -0.05) is 29.3 Å². The van der Waals surface area contributed by atoms with Crippen LogP contribution in [-0.4, -0.2) is 8.42 Å². The second kappa shape index (κ2) is 5.71. The van der Waals surface area contributed by atoms with Gasteiger partial charge in [-0.2, -0.15) is 5.26 Å². The molecule has 0 aliphatic heterocycles. The molecule has 0 fully saturated rings. The van der Waals surface area contributed by atoms with Crippen LogP contribution in [0.3, 0.4) is 0 Å². The molecule has 20 heavy (non-hydrogen) atoms. The number of hydrogen-bond acceptors (Lipinski definition) is 3. The average molecular weight is 327 g/mol. The van der Waals surface area contributed by atoms with Gasteiger partial charge in [-0.05, 0) is 36.4 Å². The first kappa shape index (κ1) is 14.7. The molecule has 0 amide bonds. The third kappa shape index (κ3) is 3.23. The molecule has 7 heteroatoms. The molecule has 0 heterocycles. The van der Waals surface area contributed by atoms with Gasteiger partial charge in [0, 0.05) is 5.02 Å². The number of nitrogens with one attached hydrogen (secondary N) is 1. The molecular weight excluding hydrogens is 319 g/mol. The summed E-state index contributed by atoms with van der Waals surface area (Å²) < 4.78 is 26.7. The fourth-order valence-corrected chi connectivity index (χ4v) is 3.17. The number of anilines is 1. The number of halogens is 2. The van der Waals surface area contributed by atoms with E-state index in [1.807, 2.05) is 6.07 Å². The highest BCUT2D eigenvalue weighted by Gasteiger charge is 2.16. The molecule has 0 radical (unpaired) electrons. The van der Waals surface area contributed by atoms with Crippen molar-refractivity contribution in [1.29, 1.82) is 5.26 Å². The van der Waals surface area contributed by atoms with E-state index in [0.29, 0.717) is 10.6 Å². The van der Waals surface area contributed by atoms with Gasteiger partial charge in [0.1, 0.15) is 0 Å². The summed E-state index contributed by atoms with van der Waals surface area (Å²) >= 11 is 11.7. The van der Waals surface area contributed by atoms with Crippen molar-refractivity contribution in [1.82, 2.24) is 0 Å². The first-order chi connectivity index (χ1) is 9.42. The Labute approximate surface area is 126 Å². The summed E-state index contributed by atoms with van der Waals surface area (Å²) in [4.78, 5) is 0.0328. The molecule has 0 saturated heterocycles. The Morgan fingerprint density at radius 2 is 1.85 bits per heavy atom. The monoisotopic (exact) mass is 326 g/mol. The Morgan fingerprint density at radius 1 is 1.10 bits per heavy atom. The summed E-state index contributed by atoms with van der Waals surface area (Å²) in [5.41, 5.74) is 0.548. The maximum absolute atomic E-state index is 12.2. The van der Waals surface area contributed by atoms with E-state index in [0.717, 1.165) is 0 Å². The lowest BCUT2D eigenvalue weighted by molar-refractivity contribution is 0.601. The van der Waals surface area contributed by atoms with Crippen LogP contribution in [0.1, 0.15) is 5.56 Å². The van der Waals surface area contributed by atoms with Crippen LogP contribution in [-0.2, 0) is 10.0 Å². The van der Waals surface area contributed by atoms with Crippen LogP contribution in [0.2, 0.25) is 10.0 Å². The van der Waals surface area contributed by atoms with Crippen molar-refractivity contribution in [3.8, 4) is 6.07 Å². The number of benzene rings is 2. The summed E-state index contributed by atoms with van der Waals surface area (Å²) in [7, 11) is -3.78. The van der Waals surface area contributed by atoms with E-state index < -0.39 is 10.0 Å². The molecule has 2 rings (SSSR count). The van der Waals surface area contributed by atoms with Crippen LogP contribution in [0.4, 0.5) is 5.69 Å². The van der Waals surface area contributed by atoms with Gasteiger partial charge in [0.25, 0.3) is 10.0 Å². The van der Waals surface area contributed by atoms with Gasteiger partial charge in [-0.15, -0.1) is 0 Å². The van der Waals surface area contributed by atoms with E-state index in [9.17, 15) is 8.42 Å². The van der Waals surface area contributed by atoms with Crippen molar-refractivity contribution < 1.29 is 8.42 Å². The summed E-state index contributed by atoms with van der Waals surface area (Å²) in [6.45, 7) is 0. The largest absolute Gasteiger partial charge is 0.278 e. The summed E-state index contributed by atoms with van der Waals surface area (Å²) in [5, 5.41) is 9.20. The van der Waals surface area contributed by atoms with Gasteiger partial charge in [0.15, 0.2) is 0 Å². The quantitative estimate of drug-likeness (QED) is 0.935. The molecule has 2 aromatic carbocycles. The third-order valence-corrected chi connectivity index (χ3v) is 4.36. The molecule has 1 N–H and O–H groups in total. The first-order valence-corrected chi connectivity index (χ1v) is 7.64. The highest BCUT2D eigenvalue weighted by molar-refractivity contribution is 7.92. The molecule has 0 aliphatic rings. The zero-order valence-electron chi connectivity index (χ0n) is 9.97. The molecule has 0 bridgehead atoms. The minimum absolute atomic E-state index is 0.0328. The summed E-state index contributed by atoms with van der Waals surface area (Å²) in [6.07, 6.45) is 0. The summed E-state index contributed by atoms with van der Waals surface area (Å²) in [5.74, 6) is 0. The van der Waals surface area contributed by atoms with Crippen LogP contribution in [0.15, 0.2) is 47.4 Å². The second-order valence-electron chi connectivity index (χ2n) is 3.87. The molecule has 0 saturated carbocycles. The molecule has 0 atom stereocenters. The fraction of sp³-hybridized carbons (Fsp3) is 0. The molecule has 0 aromatic heterocycles. The van der Waals surface area contributed by atoms with E-state index in [1.54, 1.807) is 6.07 Å². The van der Waals surface area contributed by atoms with Crippen LogP contribution >= 0.6 is 23.2 Å². The zero-order valence-corrected chi connectivity index (χ0v) is 12.3. The molecule has 4 nitrogen and oxygen atoms in total. The van der Waals surface area contributed by atoms with Crippen LogP contribution in [0, 0.1) is 11.3 Å². The Kier molecular flexibility index (Phi) is 4.19. The van der Waals surface area contributed by atoms with E-state index in [2.05, 4.69) is 4.72 Å². The Bertz CT molecular complexity index is 798. The maximum Gasteiger partial charge on any atom is 0.261 e. The summed E-state index contributed by atoms with van der Waals surface area (Å²) in [6, 6.07) is 12.1. The fourth-order valence-electron chi connectivity index (χ4n) is 1.51. The molecular formula is C13H8Cl2N2O2S. The second-order valence-corrected chi connectivity index (χ2v) is 6.40. The molecule has 102 valence electrons. The van der Waals surface area contributed by atoms with Gasteiger partial charge in [-0.25, -0.2) is 8.42 Å². The Hall–Kier alpha value is -1.74. The van der Waals surface area contributed by atoms with Crippen molar-refractivity contribution in [3.63, 3.8) is 0 Å². The number of nitrogens with zero attached hydrogens (tertiary/aromatic N) is 1. The number of sulfonamides is 1. The van der Waals surface area contributed by atoms with Gasteiger partial charge in [-0.3, -0.25) is 4.72 Å². The van der Waals surface area contributed by atoms with Crippen molar-refractivity contribution in [3.05, 3.63) is 58.1 Å². The van der Waals surface area contributed by atoms with Crippen molar-refractivity contribution in [2.45, 2.75) is 4.90 Å². The molecule has 2 aromatic rings. The average Bonchev–Trinajstić information content (AvgIpc) is 2.41. The third-order valence-electron chi connectivity index (χ3n) is 2.45. The number of hydrogen-bond donors (Lipinski definition) is 1. The lowest BCUT2D eigenvalue weighted by Crippen LogP contribution is -2.13. The smallest absolute Gasteiger partial charge is 0.261 e. The van der Waals surface area contributed by atoms with E-state index in [-0.39, 0.29) is 15.6 Å². The van der Waals surface area contributed by atoms with E-state index >= 15 is 0 Å². The minimum atomic E-state index is -3.78.